The van der Waals surface area contributed by atoms with E-state index in [-0.39, 0.29) is 16.3 Å². The van der Waals surface area contributed by atoms with E-state index in [4.69, 9.17) is 0 Å². The fraction of sp³-hybridized carbons (Fsp3) is 0.111. The van der Waals surface area contributed by atoms with Crippen LogP contribution in [0.5, 0.6) is 0 Å². The van der Waals surface area contributed by atoms with Crippen molar-refractivity contribution in [3.8, 4) is 4.90 Å². The zero-order valence-electron chi connectivity index (χ0n) is 17.5. The molecule has 1 atom stereocenters. The summed E-state index contributed by atoms with van der Waals surface area (Å²) in [5, 5.41) is 4.27. The highest BCUT2D eigenvalue weighted by Gasteiger charge is 2.20. The van der Waals surface area contributed by atoms with Gasteiger partial charge in [0.25, 0.3) is 0 Å². The highest BCUT2D eigenvalue weighted by atomic mass is 32.2. The van der Waals surface area contributed by atoms with Crippen LogP contribution in [0.1, 0.15) is 38.1 Å². The van der Waals surface area contributed by atoms with Crippen LogP contribution in [-0.2, 0) is 6.54 Å². The standard InChI is InChI=1S/C27H22NO2S/c1-3-28-25-12-10-19(27(30)22-9-5-4-7-18(22)2)15-23(25)24-16-20(11-13-26(24)28)31-14-6-8-21(31)17-29/h4-17H,3H2,1-2H3/q+1. The van der Waals surface area contributed by atoms with E-state index in [0.29, 0.717) is 5.56 Å². The maximum absolute atomic E-state index is 13.2. The van der Waals surface area contributed by atoms with E-state index in [2.05, 4.69) is 41.1 Å². The van der Waals surface area contributed by atoms with Crippen LogP contribution in [0.15, 0.2) is 78.2 Å². The van der Waals surface area contributed by atoms with Crippen molar-refractivity contribution in [2.45, 2.75) is 20.4 Å². The monoisotopic (exact) mass is 424 g/mol. The predicted octanol–water partition coefficient (Wildman–Crippen LogP) is 6.90. The quantitative estimate of drug-likeness (QED) is 0.175. The van der Waals surface area contributed by atoms with Crippen molar-refractivity contribution in [3.63, 3.8) is 0 Å². The Bertz CT molecular complexity index is 1470. The summed E-state index contributed by atoms with van der Waals surface area (Å²) in [4.78, 5) is 26.6. The molecular formula is C27H22NO2S+. The zero-order chi connectivity index (χ0) is 21.5. The fourth-order valence-electron chi connectivity index (χ4n) is 4.36. The van der Waals surface area contributed by atoms with E-state index in [1.54, 1.807) is 0 Å². The molecule has 0 bridgehead atoms. The first-order valence-electron chi connectivity index (χ1n) is 10.4. The summed E-state index contributed by atoms with van der Waals surface area (Å²) < 4.78 is 2.28. The van der Waals surface area contributed by atoms with Crippen molar-refractivity contribution in [1.29, 1.82) is 0 Å². The minimum Gasteiger partial charge on any atom is -0.341 e. The van der Waals surface area contributed by atoms with Crippen molar-refractivity contribution in [2.75, 3.05) is 0 Å². The average Bonchev–Trinajstić information content (AvgIpc) is 3.40. The van der Waals surface area contributed by atoms with Gasteiger partial charge in [-0.3, -0.25) is 9.59 Å². The van der Waals surface area contributed by atoms with Crippen molar-refractivity contribution < 1.29 is 9.59 Å². The van der Waals surface area contributed by atoms with Gasteiger partial charge in [-0.25, -0.2) is 0 Å². The summed E-state index contributed by atoms with van der Waals surface area (Å²) in [5.41, 5.74) is 4.67. The first-order valence-corrected chi connectivity index (χ1v) is 11.6. The summed E-state index contributed by atoms with van der Waals surface area (Å²) >= 11 is 0. The van der Waals surface area contributed by atoms with Crippen LogP contribution < -0.4 is 0 Å². The van der Waals surface area contributed by atoms with E-state index in [9.17, 15) is 9.59 Å². The number of carbonyl (C=O) groups excluding carboxylic acids is 2. The summed E-state index contributed by atoms with van der Waals surface area (Å²) in [6, 6.07) is 24.0. The van der Waals surface area contributed by atoms with Crippen molar-refractivity contribution in [3.05, 3.63) is 99.7 Å². The Kier molecular flexibility index (Phi) is 4.79. The number of hydrogen-bond donors (Lipinski definition) is 0. The first-order chi connectivity index (χ1) is 15.1. The van der Waals surface area contributed by atoms with E-state index in [0.717, 1.165) is 55.5 Å². The molecule has 152 valence electrons. The van der Waals surface area contributed by atoms with Gasteiger partial charge in [-0.2, -0.15) is 0 Å². The molecule has 0 amide bonds. The van der Waals surface area contributed by atoms with Crippen LogP contribution in [0, 0.1) is 6.92 Å². The molecular weight excluding hydrogens is 402 g/mol. The van der Waals surface area contributed by atoms with Crippen LogP contribution in [0.4, 0.5) is 0 Å². The van der Waals surface area contributed by atoms with Gasteiger partial charge in [-0.05, 0) is 49.7 Å². The number of nitrogens with zero attached hydrogens (tertiary/aromatic N) is 1. The number of aldehydes is 1. The second kappa shape index (κ2) is 7.64. The van der Waals surface area contributed by atoms with Crippen LogP contribution in [-0.4, -0.2) is 16.6 Å². The number of hydrogen-bond acceptors (Lipinski definition) is 2. The molecule has 1 unspecified atom stereocenters. The van der Waals surface area contributed by atoms with E-state index >= 15 is 0 Å². The highest BCUT2D eigenvalue weighted by Crippen LogP contribution is 2.39. The van der Waals surface area contributed by atoms with Gasteiger partial charge in [0.15, 0.2) is 10.7 Å². The molecule has 31 heavy (non-hydrogen) atoms. The lowest BCUT2D eigenvalue weighted by molar-refractivity contribution is 0.103. The van der Waals surface area contributed by atoms with Crippen molar-refractivity contribution in [2.24, 2.45) is 0 Å². The van der Waals surface area contributed by atoms with E-state index in [1.165, 1.54) is 0 Å². The maximum atomic E-state index is 13.2. The Balaban J connectivity index is 1.73. The van der Waals surface area contributed by atoms with Crippen molar-refractivity contribution >= 4 is 44.3 Å². The normalized spacial score (nSPS) is 11.9. The van der Waals surface area contributed by atoms with Gasteiger partial charge in [-0.1, -0.05) is 24.3 Å². The Hall–Kier alpha value is -3.50. The molecule has 2 aromatic heterocycles. The molecule has 0 saturated heterocycles. The summed E-state index contributed by atoms with van der Waals surface area (Å²) in [5.74, 6) is 0.0420. The second-order valence-electron chi connectivity index (χ2n) is 7.65. The lowest BCUT2D eigenvalue weighted by Gasteiger charge is -2.06. The maximum Gasteiger partial charge on any atom is 0.218 e. The molecule has 0 aliphatic carbocycles. The molecule has 0 N–H and O–H groups in total. The minimum atomic E-state index is -0.331. The van der Waals surface area contributed by atoms with Crippen LogP contribution in [0.25, 0.3) is 26.7 Å². The van der Waals surface area contributed by atoms with Gasteiger partial charge >= 0.3 is 0 Å². The number of benzene rings is 3. The highest BCUT2D eigenvalue weighted by molar-refractivity contribution is 7.39. The van der Waals surface area contributed by atoms with Gasteiger partial charge in [0.1, 0.15) is 5.38 Å². The molecule has 5 aromatic rings. The molecule has 3 nitrogen and oxygen atoms in total. The Labute approximate surface area is 183 Å². The van der Waals surface area contributed by atoms with Crippen molar-refractivity contribution in [1.82, 2.24) is 4.57 Å². The third-order valence-corrected chi connectivity index (χ3v) is 7.83. The average molecular weight is 425 g/mol. The molecule has 2 heterocycles. The second-order valence-corrected chi connectivity index (χ2v) is 9.54. The molecule has 0 aliphatic heterocycles. The Morgan fingerprint density at radius 2 is 1.68 bits per heavy atom. The van der Waals surface area contributed by atoms with E-state index < -0.39 is 0 Å². The Morgan fingerprint density at radius 3 is 2.42 bits per heavy atom. The number of thiophene rings is 1. The first kappa shape index (κ1) is 19.5. The molecule has 0 saturated carbocycles. The minimum absolute atomic E-state index is 0.0420. The summed E-state index contributed by atoms with van der Waals surface area (Å²) in [6.07, 6.45) is 0.946. The van der Waals surface area contributed by atoms with Crippen LogP contribution >= 0.6 is 10.5 Å². The van der Waals surface area contributed by atoms with Crippen LogP contribution in [0.3, 0.4) is 0 Å². The largest absolute Gasteiger partial charge is 0.341 e. The predicted molar refractivity (Wildman–Crippen MR) is 129 cm³/mol. The molecule has 3 aromatic carbocycles. The summed E-state index contributed by atoms with van der Waals surface area (Å²) in [6.45, 7) is 4.94. The van der Waals surface area contributed by atoms with Gasteiger partial charge in [0.2, 0.25) is 11.2 Å². The molecule has 0 fully saturated rings. The third kappa shape index (κ3) is 3.11. The number of aryl methyl sites for hydroxylation is 2. The van der Waals surface area contributed by atoms with Gasteiger partial charge in [0, 0.05) is 68.1 Å². The third-order valence-electron chi connectivity index (χ3n) is 5.90. The lowest BCUT2D eigenvalue weighted by Crippen LogP contribution is -2.03. The van der Waals surface area contributed by atoms with E-state index in [1.807, 2.05) is 55.5 Å². The van der Waals surface area contributed by atoms with Gasteiger partial charge < -0.3 is 4.57 Å². The molecule has 4 heteroatoms. The lowest BCUT2D eigenvalue weighted by atomic mass is 9.98. The Morgan fingerprint density at radius 1 is 0.935 bits per heavy atom. The topological polar surface area (TPSA) is 39.1 Å². The van der Waals surface area contributed by atoms with Gasteiger partial charge in [-0.15, -0.1) is 0 Å². The fourth-order valence-corrected chi connectivity index (χ4v) is 5.97. The number of fused-ring (bicyclic) bond motifs is 3. The number of aromatic nitrogens is 1. The zero-order valence-corrected chi connectivity index (χ0v) is 18.3. The summed E-state index contributed by atoms with van der Waals surface area (Å²) in [7, 11) is -0.331. The molecule has 0 radical (unpaired) electrons. The molecule has 0 aliphatic rings. The van der Waals surface area contributed by atoms with Gasteiger partial charge in [0.05, 0.1) is 0 Å². The van der Waals surface area contributed by atoms with Crippen LogP contribution in [0.2, 0.25) is 0 Å². The number of rotatable bonds is 5. The number of carbonyl (C=O) groups is 2. The SMILES string of the molecule is CCn1c2ccc(C(=O)c3ccccc3C)cc2c2cc(-[s+]3cccc3C=O)ccc21. The molecule has 0 spiro atoms. The smallest absolute Gasteiger partial charge is 0.218 e. The number of ketones is 1. The molecule has 5 rings (SSSR count).